The Bertz CT molecular complexity index is 1110. The van der Waals surface area contributed by atoms with Crippen LogP contribution in [0.1, 0.15) is 17.3 Å². The molecule has 0 saturated carbocycles. The van der Waals surface area contributed by atoms with E-state index in [1.54, 1.807) is 0 Å². The van der Waals surface area contributed by atoms with Crippen molar-refractivity contribution >= 4 is 46.8 Å². The van der Waals surface area contributed by atoms with Crippen LogP contribution in [0.4, 0.5) is 10.5 Å². The summed E-state index contributed by atoms with van der Waals surface area (Å²) in [5, 5.41) is 1.64. The first-order chi connectivity index (χ1) is 14.1. The maximum Gasteiger partial charge on any atom is 0.513 e. The highest BCUT2D eigenvalue weighted by atomic mass is 35.5. The standard InChI is InChI=1S/C22H22ClN3O3.ClH/c1-24-9-10-25-18-11-15(23)8-7-14(18)12-26-17-6-4-3-5-16(17)21(29-22(27)28-2)20(26)19(25)13-24;/h3-8,11,19H,9-10,12-13H2,1-2H3;1H. The van der Waals surface area contributed by atoms with Crippen molar-refractivity contribution in [3.8, 4) is 5.75 Å². The fourth-order valence-electron chi connectivity index (χ4n) is 4.58. The Hall–Kier alpha value is -2.41. The van der Waals surface area contributed by atoms with Gasteiger partial charge in [0.05, 0.1) is 30.9 Å². The van der Waals surface area contributed by atoms with E-state index in [0.717, 1.165) is 46.9 Å². The molecule has 1 fully saturated rings. The molecule has 3 heterocycles. The third-order valence-electron chi connectivity index (χ3n) is 5.90. The van der Waals surface area contributed by atoms with Crippen molar-refractivity contribution < 1.29 is 14.3 Å². The largest absolute Gasteiger partial charge is 0.513 e. The zero-order chi connectivity index (χ0) is 20.1. The number of hydrogen-bond donors (Lipinski definition) is 0. The molecule has 1 atom stereocenters. The average molecular weight is 448 g/mol. The molecule has 2 aliphatic rings. The van der Waals surface area contributed by atoms with Crippen LogP contribution in [0.3, 0.4) is 0 Å². The van der Waals surface area contributed by atoms with Gasteiger partial charge in [0.15, 0.2) is 5.75 Å². The van der Waals surface area contributed by atoms with Crippen molar-refractivity contribution in [2.24, 2.45) is 0 Å². The molecule has 6 nitrogen and oxygen atoms in total. The number of benzene rings is 2. The number of rotatable bonds is 1. The van der Waals surface area contributed by atoms with E-state index in [1.807, 2.05) is 30.3 Å². The number of likely N-dealkylation sites (N-methyl/N-ethyl adjacent to an activating group) is 1. The Morgan fingerprint density at radius 2 is 1.97 bits per heavy atom. The highest BCUT2D eigenvalue weighted by Crippen LogP contribution is 2.45. The molecule has 0 radical (unpaired) electrons. The van der Waals surface area contributed by atoms with Gasteiger partial charge in [-0.2, -0.15) is 0 Å². The number of halogens is 2. The van der Waals surface area contributed by atoms with Gasteiger partial charge in [-0.05, 0) is 36.9 Å². The van der Waals surface area contributed by atoms with E-state index in [1.165, 1.54) is 12.7 Å². The smallest absolute Gasteiger partial charge is 0.437 e. The minimum atomic E-state index is -0.704. The van der Waals surface area contributed by atoms with Gasteiger partial charge in [-0.1, -0.05) is 29.8 Å². The van der Waals surface area contributed by atoms with Crippen molar-refractivity contribution in [1.29, 1.82) is 0 Å². The maximum absolute atomic E-state index is 12.1. The lowest BCUT2D eigenvalue weighted by atomic mass is 10.1. The van der Waals surface area contributed by atoms with Gasteiger partial charge in [-0.15, -0.1) is 12.4 Å². The van der Waals surface area contributed by atoms with Crippen LogP contribution in [-0.2, 0) is 11.3 Å². The second-order valence-electron chi connectivity index (χ2n) is 7.62. The van der Waals surface area contributed by atoms with Gasteiger partial charge < -0.3 is 23.8 Å². The van der Waals surface area contributed by atoms with Gasteiger partial charge in [0.25, 0.3) is 0 Å². The number of carbonyl (C=O) groups is 1. The lowest BCUT2D eigenvalue weighted by Crippen LogP contribution is -2.47. The summed E-state index contributed by atoms with van der Waals surface area (Å²) in [5.41, 5.74) is 4.38. The lowest BCUT2D eigenvalue weighted by molar-refractivity contribution is 0.121. The summed E-state index contributed by atoms with van der Waals surface area (Å²) in [5.74, 6) is 0.580. The molecule has 0 N–H and O–H groups in total. The zero-order valence-corrected chi connectivity index (χ0v) is 18.4. The summed E-state index contributed by atoms with van der Waals surface area (Å²) in [4.78, 5) is 16.8. The number of ether oxygens (including phenoxy) is 2. The molecule has 2 aromatic carbocycles. The normalized spacial score (nSPS) is 18.0. The fourth-order valence-corrected chi connectivity index (χ4v) is 4.74. The molecular formula is C22H23Cl2N3O3. The Labute approximate surface area is 186 Å². The predicted octanol–water partition coefficient (Wildman–Crippen LogP) is 4.72. The molecule has 2 aliphatic heterocycles. The predicted molar refractivity (Wildman–Crippen MR) is 120 cm³/mol. The van der Waals surface area contributed by atoms with E-state index in [0.29, 0.717) is 12.3 Å². The first-order valence-electron chi connectivity index (χ1n) is 9.67. The molecule has 158 valence electrons. The summed E-state index contributed by atoms with van der Waals surface area (Å²) >= 11 is 6.36. The van der Waals surface area contributed by atoms with Crippen LogP contribution in [0.15, 0.2) is 42.5 Å². The summed E-state index contributed by atoms with van der Waals surface area (Å²) in [6.07, 6.45) is -0.704. The molecule has 1 unspecified atom stereocenters. The third-order valence-corrected chi connectivity index (χ3v) is 6.13. The van der Waals surface area contributed by atoms with E-state index >= 15 is 0 Å². The maximum atomic E-state index is 12.1. The molecule has 0 aliphatic carbocycles. The summed E-state index contributed by atoms with van der Waals surface area (Å²) in [6.45, 7) is 3.33. The minimum absolute atomic E-state index is 0. The molecule has 1 saturated heterocycles. The van der Waals surface area contributed by atoms with Crippen molar-refractivity contribution in [3.05, 3.63) is 58.7 Å². The van der Waals surface area contributed by atoms with Crippen LogP contribution in [-0.4, -0.2) is 49.4 Å². The minimum Gasteiger partial charge on any atom is -0.437 e. The number of nitrogens with zero attached hydrogens (tertiary/aromatic N) is 3. The fraction of sp³-hybridized carbons (Fsp3) is 0.318. The molecule has 0 amide bonds. The molecule has 5 rings (SSSR count). The Morgan fingerprint density at radius 3 is 2.77 bits per heavy atom. The molecule has 1 aromatic heterocycles. The number of anilines is 1. The highest BCUT2D eigenvalue weighted by molar-refractivity contribution is 6.30. The topological polar surface area (TPSA) is 46.9 Å². The van der Waals surface area contributed by atoms with Gasteiger partial charge in [-0.3, -0.25) is 0 Å². The van der Waals surface area contributed by atoms with E-state index < -0.39 is 6.16 Å². The van der Waals surface area contributed by atoms with E-state index in [2.05, 4.69) is 33.5 Å². The quantitative estimate of drug-likeness (QED) is 0.505. The van der Waals surface area contributed by atoms with Gasteiger partial charge in [0.2, 0.25) is 0 Å². The zero-order valence-electron chi connectivity index (χ0n) is 16.8. The number of hydrogen-bond acceptors (Lipinski definition) is 5. The van der Waals surface area contributed by atoms with Gasteiger partial charge in [-0.25, -0.2) is 4.79 Å². The van der Waals surface area contributed by atoms with Gasteiger partial charge in [0, 0.05) is 35.7 Å². The molecule has 0 spiro atoms. The van der Waals surface area contributed by atoms with Crippen molar-refractivity contribution in [1.82, 2.24) is 9.47 Å². The number of piperazine rings is 1. The number of fused-ring (bicyclic) bond motifs is 7. The van der Waals surface area contributed by atoms with Crippen LogP contribution in [0, 0.1) is 0 Å². The second kappa shape index (κ2) is 8.02. The van der Waals surface area contributed by atoms with Gasteiger partial charge in [0.1, 0.15) is 0 Å². The monoisotopic (exact) mass is 447 g/mol. The van der Waals surface area contributed by atoms with Crippen molar-refractivity contribution in [2.75, 3.05) is 38.7 Å². The summed E-state index contributed by atoms with van der Waals surface area (Å²) < 4.78 is 12.8. The van der Waals surface area contributed by atoms with E-state index in [9.17, 15) is 4.79 Å². The molecule has 8 heteroatoms. The van der Waals surface area contributed by atoms with Crippen LogP contribution in [0.2, 0.25) is 5.02 Å². The highest BCUT2D eigenvalue weighted by Gasteiger charge is 2.37. The number of aromatic nitrogens is 1. The van der Waals surface area contributed by atoms with Crippen molar-refractivity contribution in [2.45, 2.75) is 12.6 Å². The first kappa shape index (κ1) is 20.8. The average Bonchev–Trinajstić information content (AvgIpc) is 2.94. The number of carbonyl (C=O) groups excluding carboxylic acids is 1. The third kappa shape index (κ3) is 3.29. The van der Waals surface area contributed by atoms with E-state index in [-0.39, 0.29) is 18.4 Å². The van der Waals surface area contributed by atoms with Crippen LogP contribution in [0.25, 0.3) is 10.9 Å². The van der Waals surface area contributed by atoms with E-state index in [4.69, 9.17) is 21.1 Å². The second-order valence-corrected chi connectivity index (χ2v) is 8.05. The number of methoxy groups -OCH3 is 1. The van der Waals surface area contributed by atoms with Crippen LogP contribution >= 0.6 is 24.0 Å². The SMILES string of the molecule is COC(=O)Oc1c2n(c3ccccc13)Cc1ccc(Cl)cc1N1CCN(C)CC21.Cl. The van der Waals surface area contributed by atoms with Crippen molar-refractivity contribution in [3.63, 3.8) is 0 Å². The van der Waals surface area contributed by atoms with Gasteiger partial charge >= 0.3 is 6.16 Å². The molecule has 0 bridgehead atoms. The Morgan fingerprint density at radius 1 is 1.17 bits per heavy atom. The Balaban J connectivity index is 0.00000218. The molecule has 3 aromatic rings. The molecule has 30 heavy (non-hydrogen) atoms. The van der Waals surface area contributed by atoms with Crippen LogP contribution < -0.4 is 9.64 Å². The summed E-state index contributed by atoms with van der Waals surface area (Å²) in [6, 6.07) is 14.1. The number of para-hydroxylation sites is 1. The van der Waals surface area contributed by atoms with Crippen LogP contribution in [0.5, 0.6) is 5.75 Å². The Kier molecular flexibility index (Phi) is 5.57. The summed E-state index contributed by atoms with van der Waals surface area (Å²) in [7, 11) is 3.45. The molecular weight excluding hydrogens is 425 g/mol. The first-order valence-corrected chi connectivity index (χ1v) is 10.0. The lowest BCUT2D eigenvalue weighted by Gasteiger charge is -2.41.